The molecule has 6 nitrogen and oxygen atoms in total. The van der Waals surface area contributed by atoms with Crippen LogP contribution in [0, 0.1) is 11.3 Å². The Hall–Kier alpha value is -2.94. The van der Waals surface area contributed by atoms with E-state index in [-0.39, 0.29) is 5.92 Å². The van der Waals surface area contributed by atoms with Gasteiger partial charge in [-0.25, -0.2) is 0 Å². The summed E-state index contributed by atoms with van der Waals surface area (Å²) in [5, 5.41) is 19.5. The van der Waals surface area contributed by atoms with Gasteiger partial charge in [-0.2, -0.15) is 15.3 Å². The van der Waals surface area contributed by atoms with Gasteiger partial charge < -0.3 is 4.52 Å². The number of H-pyrrole nitrogens is 1. The predicted octanol–water partition coefficient (Wildman–Crippen LogP) is 2.41. The first-order chi connectivity index (χ1) is 10.4. The number of nitrogens with zero attached hydrogens (tertiary/aromatic N) is 4. The first-order valence-electron chi connectivity index (χ1n) is 6.72. The van der Waals surface area contributed by atoms with E-state index in [1.165, 1.54) is 17.3 Å². The zero-order valence-corrected chi connectivity index (χ0v) is 11.1. The fourth-order valence-electron chi connectivity index (χ4n) is 2.84. The topological polar surface area (TPSA) is 91.4 Å². The van der Waals surface area contributed by atoms with Crippen molar-refractivity contribution >= 4 is 0 Å². The van der Waals surface area contributed by atoms with Crippen molar-refractivity contribution in [2.75, 3.05) is 0 Å². The zero-order chi connectivity index (χ0) is 14.2. The first-order valence-corrected chi connectivity index (χ1v) is 6.72. The lowest BCUT2D eigenvalue weighted by Gasteiger charge is -2.05. The maximum Gasteiger partial charge on any atom is 0.262 e. The summed E-state index contributed by atoms with van der Waals surface area (Å²) in [4.78, 5) is 4.45. The van der Waals surface area contributed by atoms with Gasteiger partial charge in [-0.05, 0) is 24.0 Å². The Morgan fingerprint density at radius 2 is 2.24 bits per heavy atom. The molecule has 0 amide bonds. The van der Waals surface area contributed by atoms with Crippen molar-refractivity contribution in [3.05, 3.63) is 53.1 Å². The summed E-state index contributed by atoms with van der Waals surface area (Å²) in [5.74, 6) is 1.16. The van der Waals surface area contributed by atoms with Crippen molar-refractivity contribution in [3.63, 3.8) is 0 Å². The minimum atomic E-state index is 0.163. The van der Waals surface area contributed by atoms with Crippen LogP contribution in [0.2, 0.25) is 0 Å². The molecule has 0 saturated heterocycles. The average molecular weight is 277 g/mol. The van der Waals surface area contributed by atoms with E-state index in [1.807, 2.05) is 18.2 Å². The molecule has 2 aromatic heterocycles. The number of hydrogen-bond donors (Lipinski definition) is 1. The summed E-state index contributed by atoms with van der Waals surface area (Å²) in [5.41, 5.74) is 3.48. The van der Waals surface area contributed by atoms with Crippen molar-refractivity contribution in [2.45, 2.75) is 18.8 Å². The van der Waals surface area contributed by atoms with Gasteiger partial charge in [0.1, 0.15) is 11.8 Å². The number of fused-ring (bicyclic) bond motifs is 1. The molecule has 4 rings (SSSR count). The minimum Gasteiger partial charge on any atom is -0.334 e. The number of hydrogen-bond acceptors (Lipinski definition) is 5. The highest BCUT2D eigenvalue weighted by Gasteiger charge is 2.28. The van der Waals surface area contributed by atoms with Crippen LogP contribution in [0.5, 0.6) is 0 Å². The van der Waals surface area contributed by atoms with Gasteiger partial charge in [-0.1, -0.05) is 29.4 Å². The SMILES string of the molecule is N#Cc1[nH]ncc1-c1nc(C2CCc3ccccc32)no1. The lowest BCUT2D eigenvalue weighted by atomic mass is 10.0. The quantitative estimate of drug-likeness (QED) is 0.776. The molecular weight excluding hydrogens is 266 g/mol. The molecule has 1 N–H and O–H groups in total. The van der Waals surface area contributed by atoms with E-state index >= 15 is 0 Å². The van der Waals surface area contributed by atoms with Crippen molar-refractivity contribution < 1.29 is 4.52 Å². The maximum absolute atomic E-state index is 9.01. The van der Waals surface area contributed by atoms with E-state index in [0.717, 1.165) is 12.8 Å². The summed E-state index contributed by atoms with van der Waals surface area (Å²) in [6.45, 7) is 0. The fraction of sp³-hybridized carbons (Fsp3) is 0.200. The smallest absolute Gasteiger partial charge is 0.262 e. The number of aryl methyl sites for hydroxylation is 1. The molecule has 21 heavy (non-hydrogen) atoms. The molecule has 1 aliphatic rings. The van der Waals surface area contributed by atoms with Crippen LogP contribution in [0.25, 0.3) is 11.5 Å². The highest BCUT2D eigenvalue weighted by Crippen LogP contribution is 2.37. The molecule has 6 heteroatoms. The van der Waals surface area contributed by atoms with Crippen LogP contribution in [-0.2, 0) is 6.42 Å². The van der Waals surface area contributed by atoms with Crippen molar-refractivity contribution in [2.24, 2.45) is 0 Å². The Morgan fingerprint density at radius 3 is 3.14 bits per heavy atom. The Balaban J connectivity index is 1.72. The molecule has 2 heterocycles. The lowest BCUT2D eigenvalue weighted by molar-refractivity contribution is 0.419. The average Bonchev–Trinajstić information content (AvgIpc) is 3.24. The van der Waals surface area contributed by atoms with E-state index in [0.29, 0.717) is 23.0 Å². The van der Waals surface area contributed by atoms with Gasteiger partial charge in [-0.3, -0.25) is 5.10 Å². The summed E-state index contributed by atoms with van der Waals surface area (Å²) in [7, 11) is 0. The maximum atomic E-state index is 9.01. The number of aromatic nitrogens is 4. The van der Waals surface area contributed by atoms with Crippen molar-refractivity contribution in [1.82, 2.24) is 20.3 Å². The number of nitriles is 1. The van der Waals surface area contributed by atoms with Crippen LogP contribution < -0.4 is 0 Å². The first kappa shape index (κ1) is 11.9. The molecule has 1 aliphatic carbocycles. The van der Waals surface area contributed by atoms with Crippen LogP contribution in [0.15, 0.2) is 35.0 Å². The molecule has 0 radical (unpaired) electrons. The minimum absolute atomic E-state index is 0.163. The van der Waals surface area contributed by atoms with Gasteiger partial charge in [0.05, 0.1) is 11.8 Å². The number of nitrogens with one attached hydrogen (secondary N) is 1. The van der Waals surface area contributed by atoms with E-state index in [2.05, 4.69) is 32.5 Å². The molecule has 3 aromatic rings. The number of rotatable bonds is 2. The van der Waals surface area contributed by atoms with Gasteiger partial charge >= 0.3 is 0 Å². The Morgan fingerprint density at radius 1 is 1.33 bits per heavy atom. The monoisotopic (exact) mass is 277 g/mol. The van der Waals surface area contributed by atoms with E-state index < -0.39 is 0 Å². The van der Waals surface area contributed by atoms with Gasteiger partial charge in [0.15, 0.2) is 5.82 Å². The predicted molar refractivity (Wildman–Crippen MR) is 73.2 cm³/mol. The number of benzene rings is 1. The summed E-state index contributed by atoms with van der Waals surface area (Å²) in [6.07, 6.45) is 3.53. The molecule has 1 atom stereocenters. The molecule has 0 fully saturated rings. The molecule has 0 saturated carbocycles. The molecular formula is C15H11N5O. The standard InChI is InChI=1S/C15H11N5O/c16-7-13-12(8-17-19-13)15-18-14(20-21-15)11-6-5-9-3-1-2-4-10(9)11/h1-4,8,11H,5-6H2,(H,17,19). The Kier molecular flexibility index (Phi) is 2.57. The zero-order valence-electron chi connectivity index (χ0n) is 11.1. The second-order valence-electron chi connectivity index (χ2n) is 5.02. The molecule has 0 spiro atoms. The molecule has 0 aliphatic heterocycles. The van der Waals surface area contributed by atoms with Crippen molar-refractivity contribution in [1.29, 1.82) is 5.26 Å². The van der Waals surface area contributed by atoms with E-state index in [1.54, 1.807) is 0 Å². The third-order valence-corrected chi connectivity index (χ3v) is 3.87. The van der Waals surface area contributed by atoms with Gasteiger partial charge in [0, 0.05) is 5.92 Å². The molecule has 1 aromatic carbocycles. The lowest BCUT2D eigenvalue weighted by Crippen LogP contribution is -1.98. The second-order valence-corrected chi connectivity index (χ2v) is 5.02. The largest absolute Gasteiger partial charge is 0.334 e. The van der Waals surface area contributed by atoms with Gasteiger partial charge in [-0.15, -0.1) is 0 Å². The highest BCUT2D eigenvalue weighted by molar-refractivity contribution is 5.59. The normalized spacial score (nSPS) is 16.6. The van der Waals surface area contributed by atoms with E-state index in [9.17, 15) is 0 Å². The Labute approximate surface area is 120 Å². The fourth-order valence-corrected chi connectivity index (χ4v) is 2.84. The highest BCUT2D eigenvalue weighted by atomic mass is 16.5. The molecule has 0 bridgehead atoms. The van der Waals surface area contributed by atoms with Crippen LogP contribution >= 0.6 is 0 Å². The van der Waals surface area contributed by atoms with Crippen LogP contribution in [-0.4, -0.2) is 20.3 Å². The van der Waals surface area contributed by atoms with E-state index in [4.69, 9.17) is 9.78 Å². The summed E-state index contributed by atoms with van der Waals surface area (Å²) in [6, 6.07) is 10.4. The third-order valence-electron chi connectivity index (χ3n) is 3.87. The van der Waals surface area contributed by atoms with Gasteiger partial charge in [0.2, 0.25) is 0 Å². The molecule has 1 unspecified atom stereocenters. The van der Waals surface area contributed by atoms with Gasteiger partial charge in [0.25, 0.3) is 5.89 Å². The molecule has 102 valence electrons. The van der Waals surface area contributed by atoms with Crippen LogP contribution in [0.4, 0.5) is 0 Å². The van der Waals surface area contributed by atoms with Crippen LogP contribution in [0.3, 0.4) is 0 Å². The summed E-state index contributed by atoms with van der Waals surface area (Å²) >= 11 is 0. The second kappa shape index (κ2) is 4.56. The summed E-state index contributed by atoms with van der Waals surface area (Å²) < 4.78 is 5.31. The van der Waals surface area contributed by atoms with Crippen molar-refractivity contribution in [3.8, 4) is 17.5 Å². The third kappa shape index (κ3) is 1.82. The Bertz CT molecular complexity index is 842. The number of aromatic amines is 1. The van der Waals surface area contributed by atoms with Crippen LogP contribution in [0.1, 0.15) is 35.0 Å².